The number of rotatable bonds is 7. The molecule has 0 aliphatic heterocycles. The first kappa shape index (κ1) is 15.8. The Morgan fingerprint density at radius 2 is 1.56 bits per heavy atom. The lowest BCUT2D eigenvalue weighted by Crippen LogP contribution is -2.31. The van der Waals surface area contributed by atoms with Crippen molar-refractivity contribution in [2.45, 2.75) is 37.5 Å². The third kappa shape index (κ3) is 7.12. The van der Waals surface area contributed by atoms with Crippen molar-refractivity contribution in [2.75, 3.05) is 5.75 Å². The standard InChI is InChI=1S/C7H16O7S2/c1-6(8)7(16(12,13)14)4-2-3-5-15(9,10)11/h6-8H,2-5H2,1H3,(H,9,10,11)(H,12,13,14). The minimum absolute atomic E-state index is 0.0635. The minimum Gasteiger partial charge on any atom is -0.392 e. The Balaban J connectivity index is 4.17. The molecule has 0 aromatic carbocycles. The highest BCUT2D eigenvalue weighted by Gasteiger charge is 2.27. The first-order valence-corrected chi connectivity index (χ1v) is 7.75. The van der Waals surface area contributed by atoms with Crippen LogP contribution in [-0.4, -0.2) is 48.2 Å². The van der Waals surface area contributed by atoms with E-state index < -0.39 is 37.3 Å². The lowest BCUT2D eigenvalue weighted by Gasteiger charge is -2.16. The molecule has 2 atom stereocenters. The van der Waals surface area contributed by atoms with Crippen LogP contribution in [0.2, 0.25) is 0 Å². The SMILES string of the molecule is CC(O)C(CCCCS(=O)(=O)O)S(=O)(=O)O. The van der Waals surface area contributed by atoms with Gasteiger partial charge in [0.05, 0.1) is 11.9 Å². The molecule has 0 rings (SSSR count). The molecule has 9 heteroatoms. The maximum Gasteiger partial charge on any atom is 0.270 e. The molecular formula is C7H16O7S2. The van der Waals surface area contributed by atoms with Crippen LogP contribution < -0.4 is 0 Å². The van der Waals surface area contributed by atoms with E-state index in [0.29, 0.717) is 0 Å². The zero-order valence-corrected chi connectivity index (χ0v) is 10.4. The van der Waals surface area contributed by atoms with Gasteiger partial charge in [0.15, 0.2) is 0 Å². The predicted molar refractivity (Wildman–Crippen MR) is 57.3 cm³/mol. The molecule has 3 N–H and O–H groups in total. The van der Waals surface area contributed by atoms with E-state index in [2.05, 4.69) is 0 Å². The van der Waals surface area contributed by atoms with Crippen molar-refractivity contribution in [3.63, 3.8) is 0 Å². The fraction of sp³-hybridized carbons (Fsp3) is 1.00. The summed E-state index contributed by atoms with van der Waals surface area (Å²) in [6.07, 6.45) is -1.07. The van der Waals surface area contributed by atoms with Gasteiger partial charge in [-0.05, 0) is 19.8 Å². The van der Waals surface area contributed by atoms with E-state index >= 15 is 0 Å². The van der Waals surface area contributed by atoms with Gasteiger partial charge in [0.2, 0.25) is 0 Å². The van der Waals surface area contributed by atoms with Crippen LogP contribution in [0.3, 0.4) is 0 Å². The van der Waals surface area contributed by atoms with Gasteiger partial charge in [-0.1, -0.05) is 6.42 Å². The molecule has 0 aliphatic rings. The maximum atomic E-state index is 10.8. The van der Waals surface area contributed by atoms with Gasteiger partial charge in [-0.2, -0.15) is 16.8 Å². The van der Waals surface area contributed by atoms with Crippen molar-refractivity contribution >= 4 is 20.2 Å². The number of hydrogen-bond donors (Lipinski definition) is 3. The zero-order chi connectivity index (χ0) is 13.0. The summed E-state index contributed by atoms with van der Waals surface area (Å²) in [5.41, 5.74) is 0. The van der Waals surface area contributed by atoms with Crippen LogP contribution in [0, 0.1) is 0 Å². The van der Waals surface area contributed by atoms with Crippen molar-refractivity contribution < 1.29 is 31.0 Å². The van der Waals surface area contributed by atoms with E-state index in [0.717, 1.165) is 0 Å². The fourth-order valence-electron chi connectivity index (χ4n) is 1.27. The molecule has 0 radical (unpaired) electrons. The van der Waals surface area contributed by atoms with Gasteiger partial charge >= 0.3 is 0 Å². The van der Waals surface area contributed by atoms with E-state index in [1.54, 1.807) is 0 Å². The van der Waals surface area contributed by atoms with Crippen LogP contribution in [0.25, 0.3) is 0 Å². The average molecular weight is 276 g/mol. The molecule has 0 amide bonds. The molecule has 0 heterocycles. The Kier molecular flexibility index (Phi) is 5.84. The maximum absolute atomic E-state index is 10.8. The summed E-state index contributed by atoms with van der Waals surface area (Å²) in [4.78, 5) is 0. The largest absolute Gasteiger partial charge is 0.392 e. The van der Waals surface area contributed by atoms with Gasteiger partial charge in [-0.15, -0.1) is 0 Å². The number of unbranched alkanes of at least 4 members (excludes halogenated alkanes) is 1. The summed E-state index contributed by atoms with van der Waals surface area (Å²) in [6, 6.07) is 0. The van der Waals surface area contributed by atoms with Gasteiger partial charge in [-0.3, -0.25) is 9.11 Å². The van der Waals surface area contributed by atoms with Crippen molar-refractivity contribution in [2.24, 2.45) is 0 Å². The summed E-state index contributed by atoms with van der Waals surface area (Å²) >= 11 is 0. The monoisotopic (exact) mass is 276 g/mol. The Morgan fingerprint density at radius 1 is 1.06 bits per heavy atom. The third-order valence-electron chi connectivity index (χ3n) is 2.06. The average Bonchev–Trinajstić information content (AvgIpc) is 1.97. The van der Waals surface area contributed by atoms with Gasteiger partial charge in [0.25, 0.3) is 20.2 Å². The predicted octanol–water partition coefficient (Wildman–Crippen LogP) is -0.318. The van der Waals surface area contributed by atoms with Crippen LogP contribution in [0.4, 0.5) is 0 Å². The smallest absolute Gasteiger partial charge is 0.270 e. The molecule has 0 fully saturated rings. The second kappa shape index (κ2) is 5.92. The van der Waals surface area contributed by atoms with Gasteiger partial charge in [-0.25, -0.2) is 0 Å². The van der Waals surface area contributed by atoms with Gasteiger partial charge in [0, 0.05) is 0 Å². The minimum atomic E-state index is -4.34. The van der Waals surface area contributed by atoms with E-state index in [4.69, 9.17) is 14.2 Å². The van der Waals surface area contributed by atoms with Crippen LogP contribution in [-0.2, 0) is 20.2 Å². The molecule has 98 valence electrons. The molecule has 0 saturated carbocycles. The van der Waals surface area contributed by atoms with Crippen LogP contribution in [0.15, 0.2) is 0 Å². The quantitative estimate of drug-likeness (QED) is 0.429. The van der Waals surface area contributed by atoms with Gasteiger partial charge in [0.1, 0.15) is 5.25 Å². The molecule has 16 heavy (non-hydrogen) atoms. The number of hydrogen-bond acceptors (Lipinski definition) is 5. The van der Waals surface area contributed by atoms with Crippen molar-refractivity contribution in [3.8, 4) is 0 Å². The Bertz CT molecular complexity index is 394. The zero-order valence-electron chi connectivity index (χ0n) is 8.77. The van der Waals surface area contributed by atoms with E-state index in [1.165, 1.54) is 6.92 Å². The molecule has 0 spiro atoms. The summed E-state index contributed by atoms with van der Waals surface area (Å²) < 4.78 is 59.4. The number of aliphatic hydroxyl groups is 1. The highest BCUT2D eigenvalue weighted by Crippen LogP contribution is 2.13. The summed E-state index contributed by atoms with van der Waals surface area (Å²) in [5.74, 6) is -0.467. The van der Waals surface area contributed by atoms with E-state index in [9.17, 15) is 16.8 Å². The lowest BCUT2D eigenvalue weighted by atomic mass is 10.1. The topological polar surface area (TPSA) is 129 Å². The summed E-state index contributed by atoms with van der Waals surface area (Å²) in [5, 5.41) is 7.78. The molecule has 0 bridgehead atoms. The molecular weight excluding hydrogens is 260 g/mol. The normalized spacial score (nSPS) is 17.0. The van der Waals surface area contributed by atoms with E-state index in [1.807, 2.05) is 0 Å². The first-order valence-electron chi connectivity index (χ1n) is 4.63. The third-order valence-corrected chi connectivity index (χ3v) is 4.26. The molecule has 0 aromatic heterocycles. The summed E-state index contributed by atoms with van der Waals surface area (Å²) in [7, 11) is -8.39. The number of aliphatic hydroxyl groups excluding tert-OH is 1. The van der Waals surface area contributed by atoms with Gasteiger partial charge < -0.3 is 5.11 Å². The molecule has 0 aliphatic carbocycles. The molecule has 0 saturated heterocycles. The van der Waals surface area contributed by atoms with Crippen LogP contribution in [0.1, 0.15) is 26.2 Å². The Labute approximate surface area is 95.0 Å². The molecule has 2 unspecified atom stereocenters. The van der Waals surface area contributed by atoms with Crippen molar-refractivity contribution in [3.05, 3.63) is 0 Å². The Hall–Kier alpha value is -0.220. The fourth-order valence-corrected chi connectivity index (χ4v) is 2.80. The molecule has 0 aromatic rings. The second-order valence-corrected chi connectivity index (χ2v) is 6.78. The van der Waals surface area contributed by atoms with Crippen molar-refractivity contribution in [1.82, 2.24) is 0 Å². The lowest BCUT2D eigenvalue weighted by molar-refractivity contribution is 0.179. The second-order valence-electron chi connectivity index (χ2n) is 3.58. The Morgan fingerprint density at radius 3 is 1.88 bits per heavy atom. The van der Waals surface area contributed by atoms with Crippen LogP contribution >= 0.6 is 0 Å². The van der Waals surface area contributed by atoms with Crippen LogP contribution in [0.5, 0.6) is 0 Å². The first-order chi connectivity index (χ1) is 7.04. The van der Waals surface area contributed by atoms with Crippen molar-refractivity contribution in [1.29, 1.82) is 0 Å². The highest BCUT2D eigenvalue weighted by atomic mass is 32.2. The summed E-state index contributed by atoms with van der Waals surface area (Å²) in [6.45, 7) is 1.22. The highest BCUT2D eigenvalue weighted by molar-refractivity contribution is 7.86. The van der Waals surface area contributed by atoms with E-state index in [-0.39, 0.29) is 19.3 Å². The molecule has 7 nitrogen and oxygen atoms in total.